The largest absolute Gasteiger partial charge is 0.494 e. The first-order valence-corrected chi connectivity index (χ1v) is 6.47. The molecular weight excluding hydrogens is 271 g/mol. The lowest BCUT2D eigenvalue weighted by atomic mass is 10.1. The first-order chi connectivity index (χ1) is 10.1. The van der Waals surface area contributed by atoms with Crippen LogP contribution in [-0.2, 0) is 6.54 Å². The van der Waals surface area contributed by atoms with Crippen LogP contribution in [0.2, 0.25) is 0 Å². The van der Waals surface area contributed by atoms with Crippen molar-refractivity contribution in [1.29, 1.82) is 0 Å². The number of hydrogen-bond donors (Lipinski definition) is 1. The van der Waals surface area contributed by atoms with Gasteiger partial charge in [0.2, 0.25) is 0 Å². The zero-order chi connectivity index (χ0) is 15.4. The number of carbonyl (C=O) groups excluding carboxylic acids is 1. The number of carbonyl (C=O) groups is 1. The van der Waals surface area contributed by atoms with Gasteiger partial charge >= 0.3 is 0 Å². The Morgan fingerprint density at radius 3 is 2.71 bits per heavy atom. The van der Waals surface area contributed by atoms with Gasteiger partial charge in [-0.2, -0.15) is 0 Å². The van der Waals surface area contributed by atoms with Gasteiger partial charge in [-0.3, -0.25) is 4.79 Å². The first kappa shape index (κ1) is 15.0. The zero-order valence-electron chi connectivity index (χ0n) is 12.0. The van der Waals surface area contributed by atoms with Gasteiger partial charge in [0, 0.05) is 24.8 Å². The third kappa shape index (κ3) is 3.20. The number of rotatable bonds is 4. The van der Waals surface area contributed by atoms with Gasteiger partial charge in [-0.25, -0.2) is 4.39 Å². The van der Waals surface area contributed by atoms with Crippen LogP contribution < -0.4 is 15.4 Å². The summed E-state index contributed by atoms with van der Waals surface area (Å²) in [6, 6.07) is 11.4. The third-order valence-electron chi connectivity index (χ3n) is 3.24. The molecule has 2 rings (SSSR count). The van der Waals surface area contributed by atoms with Crippen LogP contribution in [0, 0.1) is 5.82 Å². The van der Waals surface area contributed by atoms with Crippen LogP contribution in [0.1, 0.15) is 15.9 Å². The minimum atomic E-state index is -0.498. The highest BCUT2D eigenvalue weighted by Crippen LogP contribution is 2.22. The van der Waals surface area contributed by atoms with Crippen molar-refractivity contribution in [3.63, 3.8) is 0 Å². The van der Waals surface area contributed by atoms with Crippen molar-refractivity contribution in [2.45, 2.75) is 6.54 Å². The first-order valence-electron chi connectivity index (χ1n) is 6.47. The highest BCUT2D eigenvalue weighted by Gasteiger charge is 2.16. The second kappa shape index (κ2) is 6.37. The Kier molecular flexibility index (Phi) is 4.55. The Morgan fingerprint density at radius 1 is 1.29 bits per heavy atom. The molecule has 4 nitrogen and oxygen atoms in total. The number of anilines is 1. The maximum atomic E-state index is 13.4. The summed E-state index contributed by atoms with van der Waals surface area (Å²) in [5, 5.41) is 0. The maximum absolute atomic E-state index is 13.4. The van der Waals surface area contributed by atoms with E-state index >= 15 is 0 Å². The minimum Gasteiger partial charge on any atom is -0.494 e. The van der Waals surface area contributed by atoms with E-state index in [4.69, 9.17) is 10.5 Å². The molecule has 1 amide bonds. The standard InChI is InChI=1S/C16H17FN2O2/c1-19(13-5-3-4-11(8-13)10-18)16(20)12-6-7-14(17)15(9-12)21-2/h3-9H,10,18H2,1-2H3. The molecule has 0 bridgehead atoms. The van der Waals surface area contributed by atoms with Crippen LogP contribution in [0.5, 0.6) is 5.75 Å². The fourth-order valence-electron chi connectivity index (χ4n) is 2.00. The molecule has 110 valence electrons. The molecule has 0 fully saturated rings. The molecule has 2 N–H and O–H groups in total. The number of methoxy groups -OCH3 is 1. The summed E-state index contributed by atoms with van der Waals surface area (Å²) in [6.45, 7) is 0.403. The molecule has 5 heteroatoms. The number of nitrogens with zero attached hydrogens (tertiary/aromatic N) is 1. The van der Waals surface area contributed by atoms with Gasteiger partial charge in [-0.05, 0) is 35.9 Å². The van der Waals surface area contributed by atoms with E-state index in [1.54, 1.807) is 7.05 Å². The number of amides is 1. The molecule has 2 aromatic carbocycles. The second-order valence-corrected chi connectivity index (χ2v) is 4.59. The summed E-state index contributed by atoms with van der Waals surface area (Å²) < 4.78 is 18.3. The van der Waals surface area contributed by atoms with Gasteiger partial charge < -0.3 is 15.4 Å². The molecule has 0 heterocycles. The fourth-order valence-corrected chi connectivity index (χ4v) is 2.00. The van der Waals surface area contributed by atoms with E-state index in [1.807, 2.05) is 24.3 Å². The molecule has 0 spiro atoms. The van der Waals surface area contributed by atoms with Crippen molar-refractivity contribution in [3.05, 3.63) is 59.4 Å². The average molecular weight is 288 g/mol. The van der Waals surface area contributed by atoms with Gasteiger partial charge in [0.15, 0.2) is 11.6 Å². The predicted molar refractivity (Wildman–Crippen MR) is 80.0 cm³/mol. The van der Waals surface area contributed by atoms with E-state index in [1.165, 1.54) is 30.2 Å². The molecule has 0 aliphatic heterocycles. The van der Waals surface area contributed by atoms with Crippen molar-refractivity contribution in [2.24, 2.45) is 5.73 Å². The van der Waals surface area contributed by atoms with Crippen LogP contribution >= 0.6 is 0 Å². The number of hydrogen-bond acceptors (Lipinski definition) is 3. The lowest BCUT2D eigenvalue weighted by Crippen LogP contribution is -2.26. The van der Waals surface area contributed by atoms with Gasteiger partial charge in [0.1, 0.15) is 0 Å². The van der Waals surface area contributed by atoms with Gasteiger partial charge in [0.25, 0.3) is 5.91 Å². The van der Waals surface area contributed by atoms with E-state index in [0.717, 1.165) is 11.3 Å². The molecule has 2 aromatic rings. The van der Waals surface area contributed by atoms with E-state index in [2.05, 4.69) is 0 Å². The zero-order valence-corrected chi connectivity index (χ0v) is 12.0. The van der Waals surface area contributed by atoms with Crippen LogP contribution in [0.4, 0.5) is 10.1 Å². The van der Waals surface area contributed by atoms with Crippen molar-refractivity contribution in [2.75, 3.05) is 19.1 Å². The summed E-state index contributed by atoms with van der Waals surface area (Å²) in [5.74, 6) is -0.700. The highest BCUT2D eigenvalue weighted by molar-refractivity contribution is 6.06. The van der Waals surface area contributed by atoms with Crippen LogP contribution in [0.25, 0.3) is 0 Å². The Hall–Kier alpha value is -2.40. The molecule has 0 aliphatic carbocycles. The lowest BCUT2D eigenvalue weighted by molar-refractivity contribution is 0.0992. The van der Waals surface area contributed by atoms with E-state index in [9.17, 15) is 9.18 Å². The lowest BCUT2D eigenvalue weighted by Gasteiger charge is -2.18. The quantitative estimate of drug-likeness (QED) is 0.940. The Morgan fingerprint density at radius 2 is 2.05 bits per heavy atom. The average Bonchev–Trinajstić information content (AvgIpc) is 2.54. The summed E-state index contributed by atoms with van der Waals surface area (Å²) in [4.78, 5) is 13.9. The molecule has 0 saturated carbocycles. The van der Waals surface area contributed by atoms with Crippen LogP contribution in [0.3, 0.4) is 0 Å². The van der Waals surface area contributed by atoms with Gasteiger partial charge in [-0.15, -0.1) is 0 Å². The molecule has 21 heavy (non-hydrogen) atoms. The number of ether oxygens (including phenoxy) is 1. The molecule has 0 saturated heterocycles. The fraction of sp³-hybridized carbons (Fsp3) is 0.188. The Balaban J connectivity index is 2.30. The van der Waals surface area contributed by atoms with Gasteiger partial charge in [-0.1, -0.05) is 12.1 Å². The minimum absolute atomic E-state index is 0.0463. The van der Waals surface area contributed by atoms with E-state index < -0.39 is 5.82 Å². The smallest absolute Gasteiger partial charge is 0.258 e. The Labute approximate surface area is 122 Å². The van der Waals surface area contributed by atoms with Crippen LogP contribution in [0.15, 0.2) is 42.5 Å². The topological polar surface area (TPSA) is 55.6 Å². The molecule has 0 aromatic heterocycles. The predicted octanol–water partition coefficient (Wildman–Crippen LogP) is 2.57. The number of benzene rings is 2. The highest BCUT2D eigenvalue weighted by atomic mass is 19.1. The number of halogens is 1. The third-order valence-corrected chi connectivity index (χ3v) is 3.24. The maximum Gasteiger partial charge on any atom is 0.258 e. The monoisotopic (exact) mass is 288 g/mol. The SMILES string of the molecule is COc1cc(C(=O)N(C)c2cccc(CN)c2)ccc1F. The van der Waals surface area contributed by atoms with E-state index in [0.29, 0.717) is 12.1 Å². The van der Waals surface area contributed by atoms with Gasteiger partial charge in [0.05, 0.1) is 7.11 Å². The van der Waals surface area contributed by atoms with E-state index in [-0.39, 0.29) is 11.7 Å². The summed E-state index contributed by atoms with van der Waals surface area (Å²) in [5.41, 5.74) is 7.62. The van der Waals surface area contributed by atoms with Crippen molar-refractivity contribution < 1.29 is 13.9 Å². The molecule has 0 atom stereocenters. The summed E-state index contributed by atoms with van der Waals surface area (Å²) >= 11 is 0. The molecule has 0 radical (unpaired) electrons. The molecule has 0 unspecified atom stereocenters. The molecular formula is C16H17FN2O2. The molecule has 0 aliphatic rings. The van der Waals surface area contributed by atoms with Crippen molar-refractivity contribution >= 4 is 11.6 Å². The Bertz CT molecular complexity index is 658. The summed E-state index contributed by atoms with van der Waals surface area (Å²) in [6.07, 6.45) is 0. The summed E-state index contributed by atoms with van der Waals surface area (Å²) in [7, 11) is 3.02. The normalized spacial score (nSPS) is 10.3. The second-order valence-electron chi connectivity index (χ2n) is 4.59. The van der Waals surface area contributed by atoms with Crippen molar-refractivity contribution in [3.8, 4) is 5.75 Å². The van der Waals surface area contributed by atoms with Crippen molar-refractivity contribution in [1.82, 2.24) is 0 Å². The number of nitrogens with two attached hydrogens (primary N) is 1. The van der Waals surface area contributed by atoms with Crippen LogP contribution in [-0.4, -0.2) is 20.1 Å².